The van der Waals surface area contributed by atoms with Crippen LogP contribution in [-0.2, 0) is 9.47 Å². The van der Waals surface area contributed by atoms with Crippen molar-refractivity contribution in [3.05, 3.63) is 0 Å². The average molecular weight is 312 g/mol. The SMILES string of the molecule is CC(COCC(C(C)C)C(F)(F)F)CC1(O)CCOCC1. The molecule has 21 heavy (non-hydrogen) atoms. The van der Waals surface area contributed by atoms with Crippen LogP contribution in [0, 0.1) is 17.8 Å². The molecule has 2 atom stereocenters. The Balaban J connectivity index is 2.33. The highest BCUT2D eigenvalue weighted by atomic mass is 19.4. The molecule has 6 heteroatoms. The fourth-order valence-electron chi connectivity index (χ4n) is 2.72. The van der Waals surface area contributed by atoms with E-state index in [0.29, 0.717) is 32.5 Å². The summed E-state index contributed by atoms with van der Waals surface area (Å²) in [7, 11) is 0. The third-order valence-electron chi connectivity index (χ3n) is 4.08. The van der Waals surface area contributed by atoms with Crippen molar-refractivity contribution in [2.24, 2.45) is 17.8 Å². The second-order valence-electron chi connectivity index (χ2n) is 6.58. The third-order valence-corrected chi connectivity index (χ3v) is 4.08. The van der Waals surface area contributed by atoms with E-state index in [1.807, 2.05) is 6.92 Å². The predicted octanol–water partition coefficient (Wildman–Crippen LogP) is 3.41. The lowest BCUT2D eigenvalue weighted by Crippen LogP contribution is -2.38. The molecular weight excluding hydrogens is 285 g/mol. The number of alkyl halides is 3. The molecule has 0 spiro atoms. The van der Waals surface area contributed by atoms with Gasteiger partial charge in [-0.1, -0.05) is 20.8 Å². The number of ether oxygens (including phenoxy) is 2. The Labute approximate surface area is 124 Å². The molecule has 1 aliphatic rings. The Bertz CT molecular complexity index is 299. The lowest BCUT2D eigenvalue weighted by molar-refractivity contribution is -0.201. The fraction of sp³-hybridized carbons (Fsp3) is 1.00. The highest BCUT2D eigenvalue weighted by Crippen LogP contribution is 2.32. The van der Waals surface area contributed by atoms with E-state index >= 15 is 0 Å². The summed E-state index contributed by atoms with van der Waals surface area (Å²) in [5, 5.41) is 10.4. The summed E-state index contributed by atoms with van der Waals surface area (Å²) in [6.45, 7) is 5.99. The Morgan fingerprint density at radius 1 is 1.14 bits per heavy atom. The molecule has 0 aromatic heterocycles. The minimum atomic E-state index is -4.23. The van der Waals surface area contributed by atoms with Gasteiger partial charge in [-0.3, -0.25) is 0 Å². The first-order chi connectivity index (χ1) is 9.64. The Hall–Kier alpha value is -0.330. The molecule has 2 unspecified atom stereocenters. The van der Waals surface area contributed by atoms with Crippen molar-refractivity contribution in [2.45, 2.75) is 51.8 Å². The van der Waals surface area contributed by atoms with Gasteiger partial charge in [0.15, 0.2) is 0 Å². The summed E-state index contributed by atoms with van der Waals surface area (Å²) in [4.78, 5) is 0. The first-order valence-corrected chi connectivity index (χ1v) is 7.58. The zero-order chi connectivity index (χ0) is 16.1. The number of halogens is 3. The summed E-state index contributed by atoms with van der Waals surface area (Å²) in [6.07, 6.45) is -2.53. The Morgan fingerprint density at radius 3 is 2.19 bits per heavy atom. The first kappa shape index (κ1) is 18.7. The lowest BCUT2D eigenvalue weighted by Gasteiger charge is -2.34. The molecule has 0 aromatic rings. The summed E-state index contributed by atoms with van der Waals surface area (Å²) in [5.41, 5.74) is -0.761. The molecule has 1 saturated heterocycles. The van der Waals surface area contributed by atoms with Gasteiger partial charge in [-0.25, -0.2) is 0 Å². The van der Waals surface area contributed by atoms with Gasteiger partial charge in [-0.15, -0.1) is 0 Å². The normalized spacial score (nSPS) is 22.3. The van der Waals surface area contributed by atoms with Crippen molar-refractivity contribution >= 4 is 0 Å². The van der Waals surface area contributed by atoms with Gasteiger partial charge < -0.3 is 14.6 Å². The average Bonchev–Trinajstić information content (AvgIpc) is 2.32. The van der Waals surface area contributed by atoms with Crippen LogP contribution in [0.5, 0.6) is 0 Å². The molecule has 1 N–H and O–H groups in total. The largest absolute Gasteiger partial charge is 0.394 e. The molecule has 0 radical (unpaired) electrons. The predicted molar refractivity (Wildman–Crippen MR) is 74.0 cm³/mol. The first-order valence-electron chi connectivity index (χ1n) is 7.58. The van der Waals surface area contributed by atoms with Crippen LogP contribution in [0.25, 0.3) is 0 Å². The smallest absolute Gasteiger partial charge is 0.390 e. The molecule has 0 bridgehead atoms. The van der Waals surface area contributed by atoms with E-state index in [1.54, 1.807) is 13.8 Å². The zero-order valence-electron chi connectivity index (χ0n) is 13.1. The van der Waals surface area contributed by atoms with Gasteiger partial charge in [0.05, 0.1) is 18.1 Å². The van der Waals surface area contributed by atoms with Crippen molar-refractivity contribution in [1.82, 2.24) is 0 Å². The van der Waals surface area contributed by atoms with Crippen LogP contribution in [0.15, 0.2) is 0 Å². The van der Waals surface area contributed by atoms with Gasteiger partial charge in [0.25, 0.3) is 0 Å². The van der Waals surface area contributed by atoms with Crippen LogP contribution in [0.2, 0.25) is 0 Å². The van der Waals surface area contributed by atoms with Crippen molar-refractivity contribution in [3.8, 4) is 0 Å². The van der Waals surface area contributed by atoms with Crippen LogP contribution in [-0.4, -0.2) is 43.3 Å². The third kappa shape index (κ3) is 6.53. The summed E-state index contributed by atoms with van der Waals surface area (Å²) >= 11 is 0. The molecule has 0 aliphatic carbocycles. The minimum absolute atomic E-state index is 0.0224. The second kappa shape index (κ2) is 7.79. The summed E-state index contributed by atoms with van der Waals surface area (Å²) in [6, 6.07) is 0. The number of hydrogen-bond acceptors (Lipinski definition) is 3. The molecule has 1 heterocycles. The van der Waals surface area contributed by atoms with Crippen LogP contribution in [0.4, 0.5) is 13.2 Å². The molecule has 1 aliphatic heterocycles. The lowest BCUT2D eigenvalue weighted by atomic mass is 9.85. The van der Waals surface area contributed by atoms with Crippen molar-refractivity contribution in [3.63, 3.8) is 0 Å². The highest BCUT2D eigenvalue weighted by molar-refractivity contribution is 4.83. The van der Waals surface area contributed by atoms with E-state index in [0.717, 1.165) is 0 Å². The molecule has 126 valence electrons. The van der Waals surface area contributed by atoms with E-state index < -0.39 is 23.6 Å². The molecule has 1 fully saturated rings. The Kier molecular flexibility index (Phi) is 6.94. The van der Waals surface area contributed by atoms with Gasteiger partial charge in [0, 0.05) is 19.8 Å². The molecular formula is C15H27F3O3. The number of rotatable bonds is 7. The van der Waals surface area contributed by atoms with E-state index in [9.17, 15) is 18.3 Å². The van der Waals surface area contributed by atoms with Crippen molar-refractivity contribution in [2.75, 3.05) is 26.4 Å². The Morgan fingerprint density at radius 2 is 1.71 bits per heavy atom. The quantitative estimate of drug-likeness (QED) is 0.783. The molecule has 1 rings (SSSR count). The van der Waals surface area contributed by atoms with E-state index in [1.165, 1.54) is 0 Å². The standard InChI is InChI=1S/C15H27F3O3/c1-11(2)13(15(16,17)18)10-21-9-12(3)8-14(19)4-6-20-7-5-14/h11-13,19H,4-10H2,1-3H3. The fourth-order valence-corrected chi connectivity index (χ4v) is 2.72. The van der Waals surface area contributed by atoms with Crippen LogP contribution < -0.4 is 0 Å². The van der Waals surface area contributed by atoms with Crippen LogP contribution in [0.1, 0.15) is 40.0 Å². The summed E-state index contributed by atoms with van der Waals surface area (Å²) in [5.74, 6) is -1.91. The second-order valence-corrected chi connectivity index (χ2v) is 6.58. The van der Waals surface area contributed by atoms with Gasteiger partial charge in [0.2, 0.25) is 0 Å². The minimum Gasteiger partial charge on any atom is -0.390 e. The monoisotopic (exact) mass is 312 g/mol. The maximum absolute atomic E-state index is 12.8. The maximum Gasteiger partial charge on any atom is 0.394 e. The molecule has 0 saturated carbocycles. The number of aliphatic hydroxyl groups is 1. The highest BCUT2D eigenvalue weighted by Gasteiger charge is 2.41. The number of hydrogen-bond donors (Lipinski definition) is 1. The van der Waals surface area contributed by atoms with Gasteiger partial charge in [-0.2, -0.15) is 13.2 Å². The van der Waals surface area contributed by atoms with E-state index in [-0.39, 0.29) is 19.1 Å². The molecule has 0 aromatic carbocycles. The topological polar surface area (TPSA) is 38.7 Å². The van der Waals surface area contributed by atoms with Crippen molar-refractivity contribution in [1.29, 1.82) is 0 Å². The zero-order valence-corrected chi connectivity index (χ0v) is 13.1. The van der Waals surface area contributed by atoms with Crippen LogP contribution in [0.3, 0.4) is 0 Å². The van der Waals surface area contributed by atoms with Gasteiger partial charge >= 0.3 is 6.18 Å². The maximum atomic E-state index is 12.8. The van der Waals surface area contributed by atoms with Crippen LogP contribution >= 0.6 is 0 Å². The van der Waals surface area contributed by atoms with Gasteiger partial charge in [-0.05, 0) is 31.1 Å². The summed E-state index contributed by atoms with van der Waals surface area (Å²) < 4.78 is 48.9. The van der Waals surface area contributed by atoms with E-state index in [4.69, 9.17) is 9.47 Å². The van der Waals surface area contributed by atoms with E-state index in [2.05, 4.69) is 0 Å². The molecule has 0 amide bonds. The van der Waals surface area contributed by atoms with Gasteiger partial charge in [0.1, 0.15) is 0 Å². The molecule has 3 nitrogen and oxygen atoms in total. The van der Waals surface area contributed by atoms with Crippen molar-refractivity contribution < 1.29 is 27.8 Å².